The molecule has 10 heteroatoms. The highest BCUT2D eigenvalue weighted by Gasteiger charge is 2.49. The van der Waals surface area contributed by atoms with Gasteiger partial charge in [-0.15, -0.1) is 0 Å². The fourth-order valence-electron chi connectivity index (χ4n) is 2.31. The van der Waals surface area contributed by atoms with Crippen LogP contribution in [0.25, 0.3) is 0 Å². The van der Waals surface area contributed by atoms with Gasteiger partial charge in [0.25, 0.3) is 5.91 Å². The van der Waals surface area contributed by atoms with Gasteiger partial charge in [0, 0.05) is 0 Å². The zero-order valence-electron chi connectivity index (χ0n) is 13.0. The van der Waals surface area contributed by atoms with Crippen LogP contribution in [0.1, 0.15) is 18.1 Å². The number of urea groups is 1. The van der Waals surface area contributed by atoms with Crippen LogP contribution in [0.2, 0.25) is 0 Å². The van der Waals surface area contributed by atoms with Crippen molar-refractivity contribution in [3.05, 3.63) is 35.4 Å². The number of halogens is 3. The third-order valence-electron chi connectivity index (χ3n) is 3.65. The molecule has 4 amide bonds. The van der Waals surface area contributed by atoms with Gasteiger partial charge in [0.05, 0.1) is 11.6 Å². The second-order valence-electron chi connectivity index (χ2n) is 5.53. The molecule has 0 saturated carbocycles. The van der Waals surface area contributed by atoms with E-state index in [1.807, 2.05) is 6.07 Å². The van der Waals surface area contributed by atoms with E-state index < -0.39 is 42.7 Å². The first-order valence-corrected chi connectivity index (χ1v) is 7.05. The Morgan fingerprint density at radius 2 is 1.92 bits per heavy atom. The van der Waals surface area contributed by atoms with Gasteiger partial charge >= 0.3 is 12.2 Å². The van der Waals surface area contributed by atoms with Gasteiger partial charge in [-0.2, -0.15) is 18.4 Å². The van der Waals surface area contributed by atoms with Crippen LogP contribution in [0.15, 0.2) is 24.3 Å². The van der Waals surface area contributed by atoms with E-state index in [-0.39, 0.29) is 0 Å². The number of hydrogen-bond donors (Lipinski definition) is 2. The Kier molecular flexibility index (Phi) is 4.69. The Morgan fingerprint density at radius 3 is 2.44 bits per heavy atom. The first-order valence-electron chi connectivity index (χ1n) is 7.05. The summed E-state index contributed by atoms with van der Waals surface area (Å²) in [7, 11) is 0. The molecule has 0 aromatic heterocycles. The van der Waals surface area contributed by atoms with Crippen molar-refractivity contribution < 1.29 is 27.6 Å². The number of imide groups is 1. The first-order chi connectivity index (χ1) is 11.6. The van der Waals surface area contributed by atoms with Crippen molar-refractivity contribution in [3.8, 4) is 6.07 Å². The number of nitrogens with one attached hydrogen (secondary N) is 2. The molecule has 1 heterocycles. The highest BCUT2D eigenvalue weighted by Crippen LogP contribution is 2.28. The number of nitrogens with zero attached hydrogens (tertiary/aromatic N) is 2. The largest absolute Gasteiger partial charge is 0.405 e. The first kappa shape index (κ1) is 18.3. The van der Waals surface area contributed by atoms with Crippen molar-refractivity contribution in [1.29, 1.82) is 5.26 Å². The minimum atomic E-state index is -4.59. The average molecular weight is 354 g/mol. The van der Waals surface area contributed by atoms with Gasteiger partial charge in [-0.05, 0) is 24.6 Å². The normalized spacial score (nSPS) is 20.2. The maximum absolute atomic E-state index is 12.5. The van der Waals surface area contributed by atoms with E-state index in [0.29, 0.717) is 16.0 Å². The van der Waals surface area contributed by atoms with Crippen LogP contribution in [0.5, 0.6) is 0 Å². The zero-order chi connectivity index (χ0) is 18.8. The molecule has 7 nitrogen and oxygen atoms in total. The zero-order valence-corrected chi connectivity index (χ0v) is 13.0. The second-order valence-corrected chi connectivity index (χ2v) is 5.53. The predicted octanol–water partition coefficient (Wildman–Crippen LogP) is 1.00. The molecule has 0 radical (unpaired) electrons. The van der Waals surface area contributed by atoms with Crippen LogP contribution >= 0.6 is 0 Å². The van der Waals surface area contributed by atoms with E-state index in [4.69, 9.17) is 5.26 Å². The molecule has 2 N–H and O–H groups in total. The number of carbonyl (C=O) groups excluding carboxylic acids is 3. The van der Waals surface area contributed by atoms with E-state index in [1.54, 1.807) is 5.32 Å². The molecule has 1 saturated heterocycles. The summed E-state index contributed by atoms with van der Waals surface area (Å²) in [6.45, 7) is -0.975. The molecule has 1 aliphatic heterocycles. The molecule has 132 valence electrons. The minimum Gasteiger partial charge on any atom is -0.345 e. The van der Waals surface area contributed by atoms with Crippen LogP contribution in [0, 0.1) is 11.3 Å². The van der Waals surface area contributed by atoms with Crippen molar-refractivity contribution in [2.24, 2.45) is 0 Å². The number of nitriles is 1. The van der Waals surface area contributed by atoms with E-state index >= 15 is 0 Å². The lowest BCUT2D eigenvalue weighted by atomic mass is 9.91. The van der Waals surface area contributed by atoms with Gasteiger partial charge in [-0.25, -0.2) is 4.79 Å². The standard InChI is InChI=1S/C15H13F3N4O3/c1-14(10-4-2-9(6-19)3-5-10)12(24)22(13(25)21-14)7-11(23)20-8-15(16,17)18/h2-5H,7-8H2,1H3,(H,20,23)(H,21,25)/t14-/m1/s1. The summed E-state index contributed by atoms with van der Waals surface area (Å²) in [5.41, 5.74) is -0.745. The van der Waals surface area contributed by atoms with Crippen LogP contribution in [-0.2, 0) is 15.1 Å². The minimum absolute atomic E-state index is 0.354. The maximum Gasteiger partial charge on any atom is 0.405 e. The van der Waals surface area contributed by atoms with E-state index in [1.165, 1.54) is 31.2 Å². The van der Waals surface area contributed by atoms with Gasteiger partial charge in [-0.3, -0.25) is 14.5 Å². The summed E-state index contributed by atoms with van der Waals surface area (Å²) in [5, 5.41) is 12.8. The van der Waals surface area contributed by atoms with Gasteiger partial charge < -0.3 is 10.6 Å². The van der Waals surface area contributed by atoms with Gasteiger partial charge in [0.2, 0.25) is 5.91 Å². The van der Waals surface area contributed by atoms with Crippen LogP contribution in [-0.4, -0.2) is 42.0 Å². The summed E-state index contributed by atoms with van der Waals surface area (Å²) in [6.07, 6.45) is -4.59. The number of alkyl halides is 3. The lowest BCUT2D eigenvalue weighted by molar-refractivity contribution is -0.141. The summed E-state index contributed by atoms with van der Waals surface area (Å²) < 4.78 is 36.3. The topological polar surface area (TPSA) is 102 Å². The van der Waals surface area contributed by atoms with Gasteiger partial charge in [0.1, 0.15) is 18.6 Å². The Morgan fingerprint density at radius 1 is 1.32 bits per heavy atom. The molecule has 1 aromatic carbocycles. The molecule has 1 atom stereocenters. The predicted molar refractivity (Wildman–Crippen MR) is 77.8 cm³/mol. The van der Waals surface area contributed by atoms with Gasteiger partial charge in [-0.1, -0.05) is 12.1 Å². The summed E-state index contributed by atoms with van der Waals surface area (Å²) in [5.74, 6) is -1.88. The Bertz CT molecular complexity index is 755. The average Bonchev–Trinajstić information content (AvgIpc) is 2.77. The summed E-state index contributed by atoms with van der Waals surface area (Å²) >= 11 is 0. The monoisotopic (exact) mass is 354 g/mol. The summed E-state index contributed by atoms with van der Waals surface area (Å²) in [6, 6.07) is 6.89. The van der Waals surface area contributed by atoms with Crippen molar-refractivity contribution in [2.75, 3.05) is 13.1 Å². The molecule has 0 aliphatic carbocycles. The third kappa shape index (κ3) is 3.88. The number of benzene rings is 1. The molecule has 1 aliphatic rings. The molecule has 25 heavy (non-hydrogen) atoms. The molecular formula is C15H13F3N4O3. The van der Waals surface area contributed by atoms with Crippen molar-refractivity contribution in [3.63, 3.8) is 0 Å². The number of carbonyl (C=O) groups is 3. The Hall–Kier alpha value is -3.09. The molecule has 2 rings (SSSR count). The van der Waals surface area contributed by atoms with Crippen LogP contribution in [0.4, 0.5) is 18.0 Å². The lowest BCUT2D eigenvalue weighted by Crippen LogP contribution is -2.44. The molecule has 0 bridgehead atoms. The highest BCUT2D eigenvalue weighted by molar-refractivity contribution is 6.09. The van der Waals surface area contributed by atoms with Gasteiger partial charge in [0.15, 0.2) is 0 Å². The molecule has 1 fully saturated rings. The number of hydrogen-bond acceptors (Lipinski definition) is 4. The highest BCUT2D eigenvalue weighted by atomic mass is 19.4. The fourth-order valence-corrected chi connectivity index (χ4v) is 2.31. The second kappa shape index (κ2) is 6.43. The molecule has 1 aromatic rings. The number of rotatable bonds is 4. The fraction of sp³-hybridized carbons (Fsp3) is 0.333. The third-order valence-corrected chi connectivity index (χ3v) is 3.65. The SMILES string of the molecule is C[C@]1(c2ccc(C#N)cc2)NC(=O)N(CC(=O)NCC(F)(F)F)C1=O. The molecule has 0 unspecified atom stereocenters. The van der Waals surface area contributed by atoms with Crippen LogP contribution in [0.3, 0.4) is 0 Å². The van der Waals surface area contributed by atoms with E-state index in [0.717, 1.165) is 0 Å². The molecule has 0 spiro atoms. The van der Waals surface area contributed by atoms with Crippen molar-refractivity contribution >= 4 is 17.8 Å². The number of amides is 4. The van der Waals surface area contributed by atoms with E-state index in [2.05, 4.69) is 5.32 Å². The smallest absolute Gasteiger partial charge is 0.345 e. The summed E-state index contributed by atoms with van der Waals surface area (Å²) in [4.78, 5) is 36.6. The van der Waals surface area contributed by atoms with Crippen molar-refractivity contribution in [1.82, 2.24) is 15.5 Å². The Labute approximate surface area is 140 Å². The molecular weight excluding hydrogens is 341 g/mol. The Balaban J connectivity index is 2.13. The quantitative estimate of drug-likeness (QED) is 0.788. The van der Waals surface area contributed by atoms with Crippen molar-refractivity contribution in [2.45, 2.75) is 18.6 Å². The maximum atomic E-state index is 12.5. The lowest BCUT2D eigenvalue weighted by Gasteiger charge is -2.22. The van der Waals surface area contributed by atoms with Crippen LogP contribution < -0.4 is 10.6 Å². The van der Waals surface area contributed by atoms with E-state index in [9.17, 15) is 27.6 Å².